The molecule has 0 bridgehead atoms. The lowest BCUT2D eigenvalue weighted by Gasteiger charge is -2.40. The predicted octanol–water partition coefficient (Wildman–Crippen LogP) is 3.67. The van der Waals surface area contributed by atoms with Crippen LogP contribution in [0.15, 0.2) is 16.5 Å². The van der Waals surface area contributed by atoms with E-state index in [4.69, 9.17) is 9.52 Å². The van der Waals surface area contributed by atoms with E-state index in [-0.39, 0.29) is 5.76 Å². The van der Waals surface area contributed by atoms with Crippen molar-refractivity contribution in [2.24, 2.45) is 11.3 Å². The van der Waals surface area contributed by atoms with Crippen LogP contribution in [0.25, 0.3) is 0 Å². The van der Waals surface area contributed by atoms with Gasteiger partial charge in [-0.25, -0.2) is 4.79 Å². The number of nitrogens with one attached hydrogen (secondary N) is 1. The zero-order valence-corrected chi connectivity index (χ0v) is 12.6. The van der Waals surface area contributed by atoms with Crippen LogP contribution in [0.2, 0.25) is 0 Å². The van der Waals surface area contributed by atoms with E-state index in [0.717, 1.165) is 0 Å². The molecule has 0 amide bonds. The molecular weight excluding hydrogens is 254 g/mol. The molecule has 1 heterocycles. The molecule has 1 aromatic heterocycles. The Morgan fingerprint density at radius 3 is 2.65 bits per heavy atom. The van der Waals surface area contributed by atoms with Gasteiger partial charge in [0, 0.05) is 6.04 Å². The molecule has 2 atom stereocenters. The van der Waals surface area contributed by atoms with Crippen molar-refractivity contribution in [3.8, 4) is 0 Å². The van der Waals surface area contributed by atoms with Crippen molar-refractivity contribution in [1.82, 2.24) is 5.32 Å². The first-order chi connectivity index (χ1) is 9.38. The molecule has 1 fully saturated rings. The number of aromatic carboxylic acids is 1. The highest BCUT2D eigenvalue weighted by Gasteiger charge is 2.33. The van der Waals surface area contributed by atoms with Crippen molar-refractivity contribution in [3.63, 3.8) is 0 Å². The van der Waals surface area contributed by atoms with Crippen LogP contribution in [0.1, 0.15) is 62.8 Å². The summed E-state index contributed by atoms with van der Waals surface area (Å²) in [6.07, 6.45) is 5.03. The maximum absolute atomic E-state index is 10.8. The molecule has 2 rings (SSSR count). The first kappa shape index (κ1) is 15.1. The summed E-state index contributed by atoms with van der Waals surface area (Å²) in [7, 11) is 0. The molecule has 0 aliphatic heterocycles. The second-order valence-electron chi connectivity index (χ2n) is 6.82. The minimum atomic E-state index is -1.01. The lowest BCUT2D eigenvalue weighted by molar-refractivity contribution is 0.0659. The summed E-state index contributed by atoms with van der Waals surface area (Å²) in [4.78, 5) is 10.8. The number of hydrogen-bond acceptors (Lipinski definition) is 3. The van der Waals surface area contributed by atoms with E-state index >= 15 is 0 Å². The number of carboxylic acid groups (broad SMARTS) is 1. The zero-order chi connectivity index (χ0) is 14.8. The number of carboxylic acids is 1. The molecule has 1 aliphatic carbocycles. The van der Waals surface area contributed by atoms with Gasteiger partial charge in [-0.1, -0.05) is 33.6 Å². The Hall–Kier alpha value is -1.29. The smallest absolute Gasteiger partial charge is 0.371 e. The maximum atomic E-state index is 10.8. The lowest BCUT2D eigenvalue weighted by atomic mass is 9.69. The van der Waals surface area contributed by atoms with Crippen molar-refractivity contribution in [2.75, 3.05) is 0 Å². The molecular formula is C16H25NO3. The lowest BCUT2D eigenvalue weighted by Crippen LogP contribution is -2.43. The minimum absolute atomic E-state index is 0.0119. The van der Waals surface area contributed by atoms with Crippen LogP contribution in [0.3, 0.4) is 0 Å². The van der Waals surface area contributed by atoms with Crippen LogP contribution in [0.4, 0.5) is 0 Å². The zero-order valence-electron chi connectivity index (χ0n) is 12.6. The Balaban J connectivity index is 1.95. The summed E-state index contributed by atoms with van der Waals surface area (Å²) in [5, 5.41) is 12.4. The normalized spacial score (nSPS) is 23.8. The third-order valence-corrected chi connectivity index (χ3v) is 4.29. The van der Waals surface area contributed by atoms with Gasteiger partial charge >= 0.3 is 5.97 Å². The number of hydrogen-bond donors (Lipinski definition) is 2. The highest BCUT2D eigenvalue weighted by atomic mass is 16.4. The third kappa shape index (κ3) is 3.63. The van der Waals surface area contributed by atoms with E-state index in [9.17, 15) is 4.79 Å². The molecule has 4 heteroatoms. The molecule has 0 radical (unpaired) electrons. The second-order valence-corrected chi connectivity index (χ2v) is 6.82. The number of carbonyl (C=O) groups is 1. The van der Waals surface area contributed by atoms with Gasteiger partial charge in [-0.05, 0) is 36.3 Å². The van der Waals surface area contributed by atoms with Crippen LogP contribution in [0.5, 0.6) is 0 Å². The largest absolute Gasteiger partial charge is 0.475 e. The van der Waals surface area contributed by atoms with Gasteiger partial charge in [0.2, 0.25) is 5.76 Å². The summed E-state index contributed by atoms with van der Waals surface area (Å²) >= 11 is 0. The summed E-state index contributed by atoms with van der Waals surface area (Å²) in [5.74, 6) is 0.352. The molecule has 112 valence electrons. The van der Waals surface area contributed by atoms with Gasteiger partial charge in [-0.15, -0.1) is 0 Å². The van der Waals surface area contributed by atoms with Crippen molar-refractivity contribution in [1.29, 1.82) is 0 Å². The molecule has 2 unspecified atom stereocenters. The SMILES string of the molecule is CC(C)(C)C1CCCCC1NCc1ccc(C(=O)O)o1. The van der Waals surface area contributed by atoms with E-state index in [1.165, 1.54) is 31.7 Å². The quantitative estimate of drug-likeness (QED) is 0.882. The molecule has 20 heavy (non-hydrogen) atoms. The topological polar surface area (TPSA) is 62.5 Å². The summed E-state index contributed by atoms with van der Waals surface area (Å²) < 4.78 is 5.29. The Bertz CT molecular complexity index is 459. The van der Waals surface area contributed by atoms with Gasteiger partial charge in [0.1, 0.15) is 5.76 Å². The van der Waals surface area contributed by atoms with Crippen molar-refractivity contribution in [3.05, 3.63) is 23.7 Å². The van der Waals surface area contributed by atoms with Crippen molar-refractivity contribution in [2.45, 2.75) is 59.0 Å². The summed E-state index contributed by atoms with van der Waals surface area (Å²) in [6, 6.07) is 3.74. The van der Waals surface area contributed by atoms with Crippen LogP contribution < -0.4 is 5.32 Å². The fourth-order valence-electron chi connectivity index (χ4n) is 3.23. The molecule has 1 aliphatic rings. The fourth-order valence-corrected chi connectivity index (χ4v) is 3.23. The Kier molecular flexibility index (Phi) is 4.53. The van der Waals surface area contributed by atoms with E-state index in [1.54, 1.807) is 6.07 Å². The molecule has 2 N–H and O–H groups in total. The predicted molar refractivity (Wildman–Crippen MR) is 77.7 cm³/mol. The van der Waals surface area contributed by atoms with Gasteiger partial charge in [0.15, 0.2) is 0 Å². The Morgan fingerprint density at radius 2 is 2.05 bits per heavy atom. The van der Waals surface area contributed by atoms with Crippen LogP contribution >= 0.6 is 0 Å². The highest BCUT2D eigenvalue weighted by molar-refractivity contribution is 5.84. The van der Waals surface area contributed by atoms with Gasteiger partial charge in [-0.2, -0.15) is 0 Å². The third-order valence-electron chi connectivity index (χ3n) is 4.29. The average Bonchev–Trinajstić information content (AvgIpc) is 2.84. The van der Waals surface area contributed by atoms with Gasteiger partial charge in [0.05, 0.1) is 6.54 Å². The first-order valence-electron chi connectivity index (χ1n) is 7.43. The standard InChI is InChI=1S/C16H25NO3/c1-16(2,3)12-6-4-5-7-13(12)17-10-11-8-9-14(20-11)15(18)19/h8-9,12-13,17H,4-7,10H2,1-3H3,(H,18,19). The van der Waals surface area contributed by atoms with Crippen molar-refractivity contribution < 1.29 is 14.3 Å². The first-order valence-corrected chi connectivity index (χ1v) is 7.43. The van der Waals surface area contributed by atoms with Gasteiger partial charge in [-0.3, -0.25) is 0 Å². The van der Waals surface area contributed by atoms with Crippen LogP contribution in [-0.2, 0) is 6.54 Å². The number of furan rings is 1. The molecule has 0 spiro atoms. The summed E-state index contributed by atoms with van der Waals surface area (Å²) in [5.41, 5.74) is 0.299. The highest BCUT2D eigenvalue weighted by Crippen LogP contribution is 2.38. The average molecular weight is 279 g/mol. The van der Waals surface area contributed by atoms with E-state index in [0.29, 0.717) is 29.7 Å². The van der Waals surface area contributed by atoms with E-state index in [1.807, 2.05) is 0 Å². The van der Waals surface area contributed by atoms with Crippen LogP contribution in [-0.4, -0.2) is 17.1 Å². The van der Waals surface area contributed by atoms with E-state index in [2.05, 4.69) is 26.1 Å². The van der Waals surface area contributed by atoms with Gasteiger partial charge in [0.25, 0.3) is 0 Å². The molecule has 0 aromatic carbocycles. The molecule has 0 saturated heterocycles. The molecule has 1 aromatic rings. The van der Waals surface area contributed by atoms with E-state index < -0.39 is 5.97 Å². The summed E-state index contributed by atoms with van der Waals surface area (Å²) in [6.45, 7) is 7.50. The molecule has 1 saturated carbocycles. The van der Waals surface area contributed by atoms with Crippen molar-refractivity contribution >= 4 is 5.97 Å². The minimum Gasteiger partial charge on any atom is -0.475 e. The van der Waals surface area contributed by atoms with Crippen LogP contribution in [0, 0.1) is 11.3 Å². The second kappa shape index (κ2) is 6.00. The van der Waals surface area contributed by atoms with Gasteiger partial charge < -0.3 is 14.8 Å². The molecule has 4 nitrogen and oxygen atoms in total. The number of rotatable bonds is 4. The monoisotopic (exact) mass is 279 g/mol. The fraction of sp³-hybridized carbons (Fsp3) is 0.688. The maximum Gasteiger partial charge on any atom is 0.371 e. The Morgan fingerprint density at radius 1 is 1.35 bits per heavy atom. The Labute approximate surface area is 120 Å².